The Labute approximate surface area is 118 Å². The molecule has 1 aromatic carbocycles. The van der Waals surface area contributed by atoms with E-state index < -0.39 is 16.0 Å². The van der Waals surface area contributed by atoms with E-state index in [1.165, 1.54) is 6.07 Å². The second kappa shape index (κ2) is 6.88. The maximum atomic E-state index is 12.0. The molecule has 5 nitrogen and oxygen atoms in total. The molecule has 0 atom stereocenters. The fraction of sp³-hybridized carbons (Fsp3) is 0.417. The van der Waals surface area contributed by atoms with E-state index in [1.54, 1.807) is 19.1 Å². The molecular formula is C12H16ClNO4S. The number of aryl methyl sites for hydroxylation is 1. The average molecular weight is 306 g/mol. The lowest BCUT2D eigenvalue weighted by Crippen LogP contribution is -2.27. The molecule has 0 aliphatic heterocycles. The topological polar surface area (TPSA) is 72.5 Å². The molecule has 0 amide bonds. The predicted molar refractivity (Wildman–Crippen MR) is 72.6 cm³/mol. The van der Waals surface area contributed by atoms with Gasteiger partial charge in [-0.05, 0) is 31.5 Å². The highest BCUT2D eigenvalue weighted by Crippen LogP contribution is 2.22. The van der Waals surface area contributed by atoms with E-state index in [0.717, 1.165) is 5.56 Å². The smallest absolute Gasteiger partial charge is 0.307 e. The van der Waals surface area contributed by atoms with Gasteiger partial charge in [0, 0.05) is 6.54 Å². The molecule has 0 aliphatic rings. The summed E-state index contributed by atoms with van der Waals surface area (Å²) in [6.07, 6.45) is -0.0173. The highest BCUT2D eigenvalue weighted by molar-refractivity contribution is 7.89. The first kappa shape index (κ1) is 15.9. The third kappa shape index (κ3) is 4.81. The van der Waals surface area contributed by atoms with E-state index >= 15 is 0 Å². The van der Waals surface area contributed by atoms with Gasteiger partial charge < -0.3 is 4.74 Å². The van der Waals surface area contributed by atoms with Crippen LogP contribution in [0.3, 0.4) is 0 Å². The van der Waals surface area contributed by atoms with Crippen molar-refractivity contribution in [1.29, 1.82) is 0 Å². The number of ether oxygens (including phenoxy) is 1. The second-order valence-electron chi connectivity index (χ2n) is 3.89. The summed E-state index contributed by atoms with van der Waals surface area (Å²) >= 11 is 5.89. The Morgan fingerprint density at radius 1 is 1.42 bits per heavy atom. The highest BCUT2D eigenvalue weighted by Gasteiger charge is 2.17. The van der Waals surface area contributed by atoms with E-state index in [1.807, 2.05) is 6.92 Å². The van der Waals surface area contributed by atoms with Crippen molar-refractivity contribution in [3.05, 3.63) is 28.8 Å². The zero-order chi connectivity index (χ0) is 14.5. The van der Waals surface area contributed by atoms with Crippen LogP contribution in [0.4, 0.5) is 0 Å². The van der Waals surface area contributed by atoms with E-state index in [2.05, 4.69) is 4.72 Å². The summed E-state index contributed by atoms with van der Waals surface area (Å²) in [6.45, 7) is 3.76. The first-order valence-electron chi connectivity index (χ1n) is 5.78. The van der Waals surface area contributed by atoms with Gasteiger partial charge in [-0.3, -0.25) is 4.79 Å². The summed E-state index contributed by atoms with van der Waals surface area (Å²) < 4.78 is 30.9. The van der Waals surface area contributed by atoms with Crippen LogP contribution in [0.2, 0.25) is 5.02 Å². The fourth-order valence-corrected chi connectivity index (χ4v) is 3.05. The first-order chi connectivity index (χ1) is 8.86. The van der Waals surface area contributed by atoms with Gasteiger partial charge in [-0.2, -0.15) is 0 Å². The molecule has 1 rings (SSSR count). The third-order valence-electron chi connectivity index (χ3n) is 2.30. The van der Waals surface area contributed by atoms with Crippen LogP contribution < -0.4 is 4.72 Å². The van der Waals surface area contributed by atoms with Crippen LogP contribution in [0.15, 0.2) is 23.1 Å². The minimum atomic E-state index is -3.71. The summed E-state index contributed by atoms with van der Waals surface area (Å²) in [5.74, 6) is -0.444. The molecule has 1 N–H and O–H groups in total. The normalized spacial score (nSPS) is 11.3. The summed E-state index contributed by atoms with van der Waals surface area (Å²) in [7, 11) is -3.71. The number of sulfonamides is 1. The molecule has 0 aliphatic carbocycles. The molecule has 0 heterocycles. The van der Waals surface area contributed by atoms with Crippen molar-refractivity contribution in [3.63, 3.8) is 0 Å². The summed E-state index contributed by atoms with van der Waals surface area (Å²) in [6, 6.07) is 4.66. The van der Waals surface area contributed by atoms with Gasteiger partial charge in [0.25, 0.3) is 0 Å². The number of hydrogen-bond donors (Lipinski definition) is 1. The lowest BCUT2D eigenvalue weighted by molar-refractivity contribution is -0.142. The Balaban J connectivity index is 2.68. The quantitative estimate of drug-likeness (QED) is 0.815. The Morgan fingerprint density at radius 3 is 2.68 bits per heavy atom. The third-order valence-corrected chi connectivity index (χ3v) is 4.25. The van der Waals surface area contributed by atoms with Crippen molar-refractivity contribution >= 4 is 27.6 Å². The zero-order valence-corrected chi connectivity index (χ0v) is 12.3. The molecule has 0 fully saturated rings. The number of esters is 1. The van der Waals surface area contributed by atoms with Crippen molar-refractivity contribution in [2.75, 3.05) is 13.2 Å². The average Bonchev–Trinajstić information content (AvgIpc) is 2.28. The zero-order valence-electron chi connectivity index (χ0n) is 10.8. The summed E-state index contributed by atoms with van der Waals surface area (Å²) in [4.78, 5) is 11.1. The van der Waals surface area contributed by atoms with E-state index in [-0.39, 0.29) is 29.5 Å². The number of carbonyl (C=O) groups is 1. The molecule has 0 radical (unpaired) electrons. The molecular weight excluding hydrogens is 290 g/mol. The van der Waals surface area contributed by atoms with Gasteiger partial charge in [-0.1, -0.05) is 17.7 Å². The predicted octanol–water partition coefficient (Wildman–Crippen LogP) is 1.88. The number of rotatable bonds is 6. The Kier molecular flexibility index (Phi) is 5.78. The molecule has 0 aromatic heterocycles. The molecule has 0 unspecified atom stereocenters. The van der Waals surface area contributed by atoms with E-state index in [0.29, 0.717) is 0 Å². The van der Waals surface area contributed by atoms with E-state index in [9.17, 15) is 13.2 Å². The van der Waals surface area contributed by atoms with Crippen molar-refractivity contribution in [3.8, 4) is 0 Å². The van der Waals surface area contributed by atoms with Crippen LogP contribution in [0.5, 0.6) is 0 Å². The van der Waals surface area contributed by atoms with Crippen molar-refractivity contribution in [1.82, 2.24) is 4.72 Å². The molecule has 19 heavy (non-hydrogen) atoms. The van der Waals surface area contributed by atoms with Crippen LogP contribution in [-0.4, -0.2) is 27.5 Å². The van der Waals surface area contributed by atoms with Gasteiger partial charge >= 0.3 is 5.97 Å². The van der Waals surface area contributed by atoms with Crippen molar-refractivity contribution in [2.24, 2.45) is 0 Å². The monoisotopic (exact) mass is 305 g/mol. The molecule has 0 saturated heterocycles. The van der Waals surface area contributed by atoms with Crippen molar-refractivity contribution < 1.29 is 17.9 Å². The first-order valence-corrected chi connectivity index (χ1v) is 7.64. The molecule has 0 spiro atoms. The van der Waals surface area contributed by atoms with Gasteiger partial charge in [-0.25, -0.2) is 13.1 Å². The van der Waals surface area contributed by atoms with Crippen LogP contribution in [0, 0.1) is 6.92 Å². The largest absolute Gasteiger partial charge is 0.466 e. The van der Waals surface area contributed by atoms with E-state index in [4.69, 9.17) is 16.3 Å². The minimum absolute atomic E-state index is 0.00336. The maximum Gasteiger partial charge on any atom is 0.307 e. The second-order valence-corrected chi connectivity index (χ2v) is 6.03. The van der Waals surface area contributed by atoms with Crippen molar-refractivity contribution in [2.45, 2.75) is 25.2 Å². The molecule has 0 saturated carbocycles. The molecule has 0 bridgehead atoms. The Morgan fingerprint density at radius 2 is 2.11 bits per heavy atom. The molecule has 7 heteroatoms. The van der Waals surface area contributed by atoms with Crippen LogP contribution in [0.25, 0.3) is 0 Å². The molecule has 1 aromatic rings. The minimum Gasteiger partial charge on any atom is -0.466 e. The number of nitrogens with one attached hydrogen (secondary N) is 1. The van der Waals surface area contributed by atoms with Gasteiger partial charge in [-0.15, -0.1) is 0 Å². The van der Waals surface area contributed by atoms with Gasteiger partial charge in [0.15, 0.2) is 0 Å². The highest BCUT2D eigenvalue weighted by atomic mass is 35.5. The van der Waals surface area contributed by atoms with Crippen LogP contribution >= 0.6 is 11.6 Å². The van der Waals surface area contributed by atoms with Gasteiger partial charge in [0.2, 0.25) is 10.0 Å². The number of halogens is 1. The Bertz CT molecular complexity index is 557. The lowest BCUT2D eigenvalue weighted by atomic mass is 10.2. The van der Waals surface area contributed by atoms with Crippen LogP contribution in [0.1, 0.15) is 18.9 Å². The summed E-state index contributed by atoms with van der Waals surface area (Å²) in [5.41, 5.74) is 0.871. The lowest BCUT2D eigenvalue weighted by Gasteiger charge is -2.08. The van der Waals surface area contributed by atoms with Gasteiger partial charge in [0.05, 0.1) is 18.1 Å². The SMILES string of the molecule is CCOC(=O)CCNS(=O)(=O)c1ccc(C)cc1Cl. The summed E-state index contributed by atoms with van der Waals surface area (Å²) in [5, 5.41) is 0.156. The van der Waals surface area contributed by atoms with Gasteiger partial charge in [0.1, 0.15) is 4.90 Å². The molecule has 106 valence electrons. The number of carbonyl (C=O) groups excluding carboxylic acids is 1. The number of benzene rings is 1. The van der Waals surface area contributed by atoms with Crippen LogP contribution in [-0.2, 0) is 19.6 Å². The standard InChI is InChI=1S/C12H16ClNO4S/c1-3-18-12(15)6-7-14-19(16,17)11-5-4-9(2)8-10(11)13/h4-5,8,14H,3,6-7H2,1-2H3. The fourth-order valence-electron chi connectivity index (χ4n) is 1.42. The Hall–Kier alpha value is -1.11. The maximum absolute atomic E-state index is 12.0. The number of hydrogen-bond acceptors (Lipinski definition) is 4.